The highest BCUT2D eigenvalue weighted by molar-refractivity contribution is 5.74. The van der Waals surface area contributed by atoms with Gasteiger partial charge in [-0.1, -0.05) is 48.5 Å². The second kappa shape index (κ2) is 11.3. The number of urea groups is 1. The molecule has 1 N–H and O–H groups in total. The Balaban J connectivity index is 1.22. The van der Waals surface area contributed by atoms with Crippen molar-refractivity contribution in [1.82, 2.24) is 20.1 Å². The molecular weight excluding hydrogens is 416 g/mol. The molecule has 3 aromatic rings. The van der Waals surface area contributed by atoms with Crippen LogP contribution in [0.2, 0.25) is 0 Å². The third-order valence-electron chi connectivity index (χ3n) is 5.51. The summed E-state index contributed by atoms with van der Waals surface area (Å²) < 4.78 is 11.4. The molecule has 2 heterocycles. The van der Waals surface area contributed by atoms with Crippen LogP contribution in [0.15, 0.2) is 72.9 Å². The Kier molecular flexibility index (Phi) is 7.76. The van der Waals surface area contributed by atoms with Crippen molar-refractivity contribution in [1.29, 1.82) is 0 Å². The zero-order valence-corrected chi connectivity index (χ0v) is 18.9. The van der Waals surface area contributed by atoms with Gasteiger partial charge in [0.25, 0.3) is 0 Å². The number of carbonyl (C=O) groups excluding carboxylic acids is 1. The predicted molar refractivity (Wildman–Crippen MR) is 127 cm³/mol. The van der Waals surface area contributed by atoms with Crippen LogP contribution in [0.3, 0.4) is 0 Å². The molecule has 1 aliphatic rings. The highest BCUT2D eigenvalue weighted by Gasteiger charge is 2.20. The average molecular weight is 447 g/mol. The predicted octanol–water partition coefficient (Wildman–Crippen LogP) is 4.30. The first-order valence-electron chi connectivity index (χ1n) is 11.3. The van der Waals surface area contributed by atoms with Gasteiger partial charge in [-0.15, -0.1) is 0 Å². The summed E-state index contributed by atoms with van der Waals surface area (Å²) in [5, 5.41) is 3.00. The van der Waals surface area contributed by atoms with E-state index in [9.17, 15) is 4.79 Å². The van der Waals surface area contributed by atoms with Gasteiger partial charge < -0.3 is 19.7 Å². The molecule has 172 valence electrons. The lowest BCUT2D eigenvalue weighted by atomic mass is 10.2. The molecule has 33 heavy (non-hydrogen) atoms. The van der Waals surface area contributed by atoms with Crippen molar-refractivity contribution >= 4 is 6.03 Å². The number of pyridine rings is 1. The number of rotatable bonds is 8. The largest absolute Gasteiger partial charge is 0.490 e. The van der Waals surface area contributed by atoms with Gasteiger partial charge in [0.05, 0.1) is 6.61 Å². The maximum absolute atomic E-state index is 12.6. The van der Waals surface area contributed by atoms with Crippen LogP contribution in [0, 0.1) is 0 Å². The smallest absolute Gasteiger partial charge is 0.317 e. The second-order valence-electron chi connectivity index (χ2n) is 7.89. The molecule has 4 rings (SSSR count). The number of carbonyl (C=O) groups is 1. The third-order valence-corrected chi connectivity index (χ3v) is 5.51. The molecule has 0 atom stereocenters. The van der Waals surface area contributed by atoms with E-state index in [1.54, 1.807) is 12.3 Å². The maximum Gasteiger partial charge on any atom is 0.317 e. The first-order chi connectivity index (χ1) is 16.2. The Labute approximate surface area is 195 Å². The van der Waals surface area contributed by atoms with Crippen molar-refractivity contribution in [3.05, 3.63) is 84.1 Å². The molecule has 2 amide bonds. The Bertz CT molecular complexity index is 1020. The fraction of sp³-hybridized carbons (Fsp3) is 0.308. The van der Waals surface area contributed by atoms with Crippen LogP contribution in [0.4, 0.5) is 4.79 Å². The van der Waals surface area contributed by atoms with Crippen molar-refractivity contribution in [2.24, 2.45) is 0 Å². The number of para-hydroxylation sites is 2. The minimum absolute atomic E-state index is 0.0414. The fourth-order valence-electron chi connectivity index (χ4n) is 3.74. The third kappa shape index (κ3) is 6.46. The second-order valence-corrected chi connectivity index (χ2v) is 7.89. The molecule has 7 heteroatoms. The minimum atomic E-state index is -0.0414. The van der Waals surface area contributed by atoms with Gasteiger partial charge >= 0.3 is 6.03 Å². The van der Waals surface area contributed by atoms with Gasteiger partial charge in [-0.3, -0.25) is 4.90 Å². The molecule has 1 fully saturated rings. The zero-order valence-electron chi connectivity index (χ0n) is 18.9. The van der Waals surface area contributed by atoms with Gasteiger partial charge in [-0.05, 0) is 30.2 Å². The molecule has 1 saturated heterocycles. The summed E-state index contributed by atoms with van der Waals surface area (Å²) in [5.41, 5.74) is 2.22. The van der Waals surface area contributed by atoms with Crippen LogP contribution < -0.4 is 14.8 Å². The van der Waals surface area contributed by atoms with Gasteiger partial charge in [-0.25, -0.2) is 9.78 Å². The molecule has 2 aromatic carbocycles. The fourth-order valence-corrected chi connectivity index (χ4v) is 3.74. The number of aromatic nitrogens is 1. The molecule has 1 aliphatic heterocycles. The summed E-state index contributed by atoms with van der Waals surface area (Å²) in [4.78, 5) is 21.2. The topological polar surface area (TPSA) is 66.9 Å². The summed E-state index contributed by atoms with van der Waals surface area (Å²) >= 11 is 0. The van der Waals surface area contributed by atoms with Crippen LogP contribution in [-0.2, 0) is 13.1 Å². The summed E-state index contributed by atoms with van der Waals surface area (Å²) in [5.74, 6) is 1.79. The quantitative estimate of drug-likeness (QED) is 0.559. The Morgan fingerprint density at radius 1 is 0.909 bits per heavy atom. The van der Waals surface area contributed by atoms with E-state index in [0.29, 0.717) is 30.5 Å². The number of nitrogens with one attached hydrogen (secondary N) is 1. The molecule has 1 aromatic heterocycles. The van der Waals surface area contributed by atoms with E-state index in [1.807, 2.05) is 48.2 Å². The number of hydrogen-bond acceptors (Lipinski definition) is 5. The van der Waals surface area contributed by atoms with Crippen molar-refractivity contribution in [3.8, 4) is 17.4 Å². The molecule has 7 nitrogen and oxygen atoms in total. The SMILES string of the molecule is CCOc1ccccc1Oc1ccc(CNC(=O)N2CCN(Cc3ccccc3)CC2)cn1. The van der Waals surface area contributed by atoms with Gasteiger partial charge in [0.1, 0.15) is 0 Å². The van der Waals surface area contributed by atoms with Crippen LogP contribution in [-0.4, -0.2) is 53.6 Å². The van der Waals surface area contributed by atoms with E-state index in [2.05, 4.69) is 39.5 Å². The Morgan fingerprint density at radius 2 is 1.64 bits per heavy atom. The number of benzene rings is 2. The molecule has 0 bridgehead atoms. The lowest BCUT2D eigenvalue weighted by Gasteiger charge is -2.34. The molecule has 0 unspecified atom stereocenters. The molecule has 0 spiro atoms. The van der Waals surface area contributed by atoms with E-state index < -0.39 is 0 Å². The van der Waals surface area contributed by atoms with Crippen LogP contribution in [0.25, 0.3) is 0 Å². The van der Waals surface area contributed by atoms with Gasteiger partial charge in [0.2, 0.25) is 5.88 Å². The molecule has 0 aliphatic carbocycles. The van der Waals surface area contributed by atoms with Crippen molar-refractivity contribution in [2.75, 3.05) is 32.8 Å². The number of amides is 2. The van der Waals surface area contributed by atoms with Gasteiger partial charge in [-0.2, -0.15) is 0 Å². The average Bonchev–Trinajstić information content (AvgIpc) is 2.86. The molecule has 0 radical (unpaired) electrons. The van der Waals surface area contributed by atoms with Crippen LogP contribution >= 0.6 is 0 Å². The summed E-state index contributed by atoms with van der Waals surface area (Å²) in [6.45, 7) is 7.04. The van der Waals surface area contributed by atoms with Gasteiger partial charge in [0.15, 0.2) is 11.5 Å². The monoisotopic (exact) mass is 446 g/mol. The van der Waals surface area contributed by atoms with E-state index in [0.717, 1.165) is 38.3 Å². The number of ether oxygens (including phenoxy) is 2. The summed E-state index contributed by atoms with van der Waals surface area (Å²) in [6, 6.07) is 21.6. The molecule has 0 saturated carbocycles. The normalized spacial score (nSPS) is 14.0. The molecular formula is C26H30N4O3. The lowest BCUT2D eigenvalue weighted by Crippen LogP contribution is -2.51. The Morgan fingerprint density at radius 3 is 2.33 bits per heavy atom. The maximum atomic E-state index is 12.6. The lowest BCUT2D eigenvalue weighted by molar-refractivity contribution is 0.135. The van der Waals surface area contributed by atoms with E-state index >= 15 is 0 Å². The zero-order chi connectivity index (χ0) is 22.9. The number of piperazine rings is 1. The highest BCUT2D eigenvalue weighted by atomic mass is 16.5. The standard InChI is InChI=1S/C26H30N4O3/c1-2-32-23-10-6-7-11-24(23)33-25-13-12-22(18-27-25)19-28-26(31)30-16-14-29(15-17-30)20-21-8-4-3-5-9-21/h3-13,18H,2,14-17,19-20H2,1H3,(H,28,31). The van der Waals surface area contributed by atoms with Gasteiger partial charge in [0, 0.05) is 51.5 Å². The van der Waals surface area contributed by atoms with Crippen LogP contribution in [0.5, 0.6) is 17.4 Å². The minimum Gasteiger partial charge on any atom is -0.490 e. The van der Waals surface area contributed by atoms with Crippen molar-refractivity contribution in [2.45, 2.75) is 20.0 Å². The Hall–Kier alpha value is -3.58. The first kappa shape index (κ1) is 22.6. The van der Waals surface area contributed by atoms with E-state index in [4.69, 9.17) is 9.47 Å². The number of hydrogen-bond donors (Lipinski definition) is 1. The summed E-state index contributed by atoms with van der Waals surface area (Å²) in [7, 11) is 0. The van der Waals surface area contributed by atoms with Crippen LogP contribution in [0.1, 0.15) is 18.1 Å². The first-order valence-corrected chi connectivity index (χ1v) is 11.3. The van der Waals surface area contributed by atoms with Crippen molar-refractivity contribution in [3.63, 3.8) is 0 Å². The van der Waals surface area contributed by atoms with E-state index in [1.165, 1.54) is 5.56 Å². The van der Waals surface area contributed by atoms with Crippen molar-refractivity contribution < 1.29 is 14.3 Å². The summed E-state index contributed by atoms with van der Waals surface area (Å²) in [6.07, 6.45) is 1.72. The highest BCUT2D eigenvalue weighted by Crippen LogP contribution is 2.30. The number of nitrogens with zero attached hydrogens (tertiary/aromatic N) is 3. The van der Waals surface area contributed by atoms with E-state index in [-0.39, 0.29) is 6.03 Å².